The molecule has 0 radical (unpaired) electrons. The lowest BCUT2D eigenvalue weighted by atomic mass is 10.1. The van der Waals surface area contributed by atoms with E-state index in [0.717, 1.165) is 6.07 Å². The number of carboxylic acids is 1. The highest BCUT2D eigenvalue weighted by atomic mass is 16.4. The molecule has 0 saturated heterocycles. The number of carbonyl (C=O) groups is 1. The quantitative estimate of drug-likeness (QED) is 0.482. The highest BCUT2D eigenvalue weighted by molar-refractivity contribution is 6.04. The maximum Gasteiger partial charge on any atom is 0.336 e. The first-order chi connectivity index (χ1) is 7.50. The van der Waals surface area contributed by atoms with Crippen LogP contribution in [0.25, 0.3) is 10.8 Å². The summed E-state index contributed by atoms with van der Waals surface area (Å²) < 4.78 is 0. The first-order valence-corrected chi connectivity index (χ1v) is 4.28. The topological polar surface area (TPSA) is 129 Å². The van der Waals surface area contributed by atoms with Crippen molar-refractivity contribution in [3.63, 3.8) is 0 Å². The second-order valence-electron chi connectivity index (χ2n) is 3.20. The first-order valence-electron chi connectivity index (χ1n) is 4.28. The molecular formula is C9H7N3O4. The molecule has 1 heterocycles. The Bertz CT molecular complexity index is 698. The number of hydrogen-bond acceptors (Lipinski definition) is 4. The SMILES string of the molecule is Nc1cc(C(=O)O)c2c(=O)[nH][nH]c(=O)c2c1. The minimum atomic E-state index is -1.31. The first kappa shape index (κ1) is 9.97. The van der Waals surface area contributed by atoms with Gasteiger partial charge in [-0.3, -0.25) is 19.8 Å². The zero-order chi connectivity index (χ0) is 11.9. The molecule has 0 aliphatic heterocycles. The standard InChI is InChI=1S/C9H7N3O4/c10-3-1-4-6(5(2-3)9(15)16)8(14)12-11-7(4)13/h1-2H,10H2,(H,11,13)(H,12,14)(H,15,16). The van der Waals surface area contributed by atoms with Gasteiger partial charge in [0.15, 0.2) is 0 Å². The summed E-state index contributed by atoms with van der Waals surface area (Å²) in [4.78, 5) is 33.7. The van der Waals surface area contributed by atoms with Gasteiger partial charge in [0.25, 0.3) is 11.1 Å². The highest BCUT2D eigenvalue weighted by Crippen LogP contribution is 2.16. The number of nitrogens with one attached hydrogen (secondary N) is 2. The number of aromatic amines is 2. The molecule has 2 aromatic rings. The van der Waals surface area contributed by atoms with Crippen molar-refractivity contribution >= 4 is 22.4 Å². The zero-order valence-corrected chi connectivity index (χ0v) is 7.90. The van der Waals surface area contributed by atoms with E-state index in [1.165, 1.54) is 6.07 Å². The lowest BCUT2D eigenvalue weighted by molar-refractivity contribution is 0.0699. The average Bonchev–Trinajstić information content (AvgIpc) is 2.22. The van der Waals surface area contributed by atoms with Gasteiger partial charge in [-0.1, -0.05) is 0 Å². The van der Waals surface area contributed by atoms with Crippen LogP contribution in [0.4, 0.5) is 5.69 Å². The van der Waals surface area contributed by atoms with Crippen molar-refractivity contribution in [1.82, 2.24) is 10.2 Å². The molecule has 0 atom stereocenters. The van der Waals surface area contributed by atoms with E-state index >= 15 is 0 Å². The van der Waals surface area contributed by atoms with Crippen LogP contribution >= 0.6 is 0 Å². The van der Waals surface area contributed by atoms with E-state index in [9.17, 15) is 14.4 Å². The molecule has 0 aliphatic carbocycles. The molecule has 16 heavy (non-hydrogen) atoms. The normalized spacial score (nSPS) is 10.5. The fraction of sp³-hybridized carbons (Fsp3) is 0. The van der Waals surface area contributed by atoms with Crippen molar-refractivity contribution in [1.29, 1.82) is 0 Å². The minimum Gasteiger partial charge on any atom is -0.478 e. The lowest BCUT2D eigenvalue weighted by Gasteiger charge is -2.02. The maximum absolute atomic E-state index is 11.4. The Hall–Kier alpha value is -2.57. The molecule has 0 aliphatic rings. The van der Waals surface area contributed by atoms with Gasteiger partial charge in [-0.25, -0.2) is 4.79 Å². The van der Waals surface area contributed by atoms with Gasteiger partial charge in [0.2, 0.25) is 0 Å². The number of carboxylic acid groups (broad SMARTS) is 1. The van der Waals surface area contributed by atoms with Crippen LogP contribution in [0.2, 0.25) is 0 Å². The molecule has 0 bridgehead atoms. The van der Waals surface area contributed by atoms with Crippen LogP contribution in [0.1, 0.15) is 10.4 Å². The fourth-order valence-electron chi connectivity index (χ4n) is 1.50. The van der Waals surface area contributed by atoms with Crippen molar-refractivity contribution in [3.8, 4) is 0 Å². The van der Waals surface area contributed by atoms with Gasteiger partial charge in [0.1, 0.15) is 0 Å². The largest absolute Gasteiger partial charge is 0.478 e. The summed E-state index contributed by atoms with van der Waals surface area (Å²) >= 11 is 0. The van der Waals surface area contributed by atoms with E-state index in [4.69, 9.17) is 10.8 Å². The van der Waals surface area contributed by atoms with Crippen LogP contribution in [-0.4, -0.2) is 21.3 Å². The third kappa shape index (κ3) is 1.34. The van der Waals surface area contributed by atoms with Gasteiger partial charge < -0.3 is 10.8 Å². The second-order valence-corrected chi connectivity index (χ2v) is 3.20. The van der Waals surface area contributed by atoms with Crippen molar-refractivity contribution < 1.29 is 9.90 Å². The molecule has 0 saturated carbocycles. The Morgan fingerprint density at radius 1 is 1.19 bits per heavy atom. The van der Waals surface area contributed by atoms with Gasteiger partial charge in [0, 0.05) is 5.69 Å². The van der Waals surface area contributed by atoms with Crippen LogP contribution in [0.15, 0.2) is 21.7 Å². The van der Waals surface area contributed by atoms with E-state index in [2.05, 4.69) is 10.2 Å². The third-order valence-electron chi connectivity index (χ3n) is 2.15. The Morgan fingerprint density at radius 3 is 2.44 bits per heavy atom. The number of anilines is 1. The van der Waals surface area contributed by atoms with Crippen molar-refractivity contribution in [2.45, 2.75) is 0 Å². The van der Waals surface area contributed by atoms with Gasteiger partial charge in [-0.15, -0.1) is 0 Å². The summed E-state index contributed by atoms with van der Waals surface area (Å²) in [5, 5.41) is 12.8. The van der Waals surface area contributed by atoms with Crippen LogP contribution in [0.5, 0.6) is 0 Å². The average molecular weight is 221 g/mol. The molecular weight excluding hydrogens is 214 g/mol. The third-order valence-corrected chi connectivity index (χ3v) is 2.15. The van der Waals surface area contributed by atoms with Crippen LogP contribution in [0, 0.1) is 0 Å². The number of H-pyrrole nitrogens is 2. The molecule has 0 fully saturated rings. The predicted octanol–water partition coefficient (Wildman–Crippen LogP) is -0.503. The van der Waals surface area contributed by atoms with E-state index in [0.29, 0.717) is 0 Å². The summed E-state index contributed by atoms with van der Waals surface area (Å²) in [5.41, 5.74) is 4.01. The van der Waals surface area contributed by atoms with Crippen LogP contribution < -0.4 is 16.9 Å². The summed E-state index contributed by atoms with van der Waals surface area (Å²) in [6, 6.07) is 2.40. The molecule has 0 unspecified atom stereocenters. The number of hydrogen-bond donors (Lipinski definition) is 4. The summed E-state index contributed by atoms with van der Waals surface area (Å²) in [6.07, 6.45) is 0. The van der Waals surface area contributed by atoms with Crippen LogP contribution in [0.3, 0.4) is 0 Å². The van der Waals surface area contributed by atoms with Crippen LogP contribution in [-0.2, 0) is 0 Å². The van der Waals surface area contributed by atoms with E-state index in [1.54, 1.807) is 0 Å². The number of nitrogen functional groups attached to an aromatic ring is 1. The fourth-order valence-corrected chi connectivity index (χ4v) is 1.50. The molecule has 1 aromatic heterocycles. The van der Waals surface area contributed by atoms with E-state index in [1.807, 2.05) is 0 Å². The highest BCUT2D eigenvalue weighted by Gasteiger charge is 2.14. The summed E-state index contributed by atoms with van der Waals surface area (Å²) in [6.45, 7) is 0. The van der Waals surface area contributed by atoms with E-state index in [-0.39, 0.29) is 22.0 Å². The van der Waals surface area contributed by atoms with Gasteiger partial charge in [-0.2, -0.15) is 0 Å². The molecule has 0 amide bonds. The second kappa shape index (κ2) is 3.23. The zero-order valence-electron chi connectivity index (χ0n) is 7.90. The Labute approximate surface area is 87.5 Å². The van der Waals surface area contributed by atoms with Crippen molar-refractivity contribution in [2.75, 3.05) is 5.73 Å². The predicted molar refractivity (Wildman–Crippen MR) is 56.6 cm³/mol. The minimum absolute atomic E-state index is 0.0406. The lowest BCUT2D eigenvalue weighted by Crippen LogP contribution is -2.21. The Morgan fingerprint density at radius 2 is 1.81 bits per heavy atom. The molecule has 2 rings (SSSR count). The van der Waals surface area contributed by atoms with Crippen molar-refractivity contribution in [2.24, 2.45) is 0 Å². The molecule has 82 valence electrons. The molecule has 7 heteroatoms. The van der Waals surface area contributed by atoms with Gasteiger partial charge in [0.05, 0.1) is 16.3 Å². The summed E-state index contributed by atoms with van der Waals surface area (Å²) in [7, 11) is 0. The smallest absolute Gasteiger partial charge is 0.336 e. The van der Waals surface area contributed by atoms with Gasteiger partial charge in [-0.05, 0) is 12.1 Å². The molecule has 0 spiro atoms. The number of aromatic nitrogens is 2. The molecule has 1 aromatic carbocycles. The number of benzene rings is 1. The van der Waals surface area contributed by atoms with E-state index < -0.39 is 17.1 Å². The number of aromatic carboxylic acids is 1. The Balaban J connectivity index is 3.13. The molecule has 5 N–H and O–H groups in total. The van der Waals surface area contributed by atoms with Crippen molar-refractivity contribution in [3.05, 3.63) is 38.4 Å². The Kier molecular flexibility index (Phi) is 2.01. The summed E-state index contributed by atoms with van der Waals surface area (Å²) in [5.74, 6) is -1.31. The van der Waals surface area contributed by atoms with Gasteiger partial charge >= 0.3 is 5.97 Å². The number of fused-ring (bicyclic) bond motifs is 1. The number of rotatable bonds is 1. The number of nitrogens with two attached hydrogens (primary N) is 1. The monoisotopic (exact) mass is 221 g/mol. The maximum atomic E-state index is 11.4. The molecule has 7 nitrogen and oxygen atoms in total.